The molecule has 0 atom stereocenters. The number of hydrogen-bond acceptors (Lipinski definition) is 3. The molecule has 0 fully saturated rings. The fourth-order valence-corrected chi connectivity index (χ4v) is 4.82. The van der Waals surface area contributed by atoms with E-state index in [1.54, 1.807) is 0 Å². The molecular formula is C38H37NO2. The molecule has 3 heteroatoms. The molecule has 0 unspecified atom stereocenters. The zero-order chi connectivity index (χ0) is 28.3. The third-order valence-corrected chi connectivity index (χ3v) is 6.97. The summed E-state index contributed by atoms with van der Waals surface area (Å²) in [4.78, 5) is 2.29. The molecule has 0 amide bonds. The Balaban J connectivity index is 1.49. The van der Waals surface area contributed by atoms with Crippen molar-refractivity contribution in [2.75, 3.05) is 18.1 Å². The summed E-state index contributed by atoms with van der Waals surface area (Å²) in [5.74, 6) is 0. The smallest absolute Gasteiger partial charge is 0.0716 e. The van der Waals surface area contributed by atoms with Crippen LogP contribution in [0.1, 0.15) is 41.7 Å². The van der Waals surface area contributed by atoms with Crippen LogP contribution in [-0.4, -0.2) is 13.2 Å². The van der Waals surface area contributed by atoms with E-state index in [2.05, 4.69) is 144 Å². The van der Waals surface area contributed by atoms with E-state index in [0.29, 0.717) is 26.4 Å². The molecule has 5 aromatic carbocycles. The molecule has 0 radical (unpaired) electrons. The van der Waals surface area contributed by atoms with Gasteiger partial charge in [-0.05, 0) is 89.7 Å². The van der Waals surface area contributed by atoms with Crippen LogP contribution in [0.2, 0.25) is 0 Å². The van der Waals surface area contributed by atoms with Crippen molar-refractivity contribution < 1.29 is 9.47 Å². The summed E-state index contributed by atoms with van der Waals surface area (Å²) in [6, 6.07) is 47.2. The summed E-state index contributed by atoms with van der Waals surface area (Å²) < 4.78 is 11.2. The van der Waals surface area contributed by atoms with Crippen molar-refractivity contribution in [1.29, 1.82) is 0 Å². The average Bonchev–Trinajstić information content (AvgIpc) is 3.04. The van der Waals surface area contributed by atoms with Crippen molar-refractivity contribution in [2.24, 2.45) is 0 Å². The molecule has 0 aliphatic heterocycles. The highest BCUT2D eigenvalue weighted by atomic mass is 16.5. The highest BCUT2D eigenvalue weighted by Crippen LogP contribution is 2.35. The lowest BCUT2D eigenvalue weighted by Gasteiger charge is -2.26. The summed E-state index contributed by atoms with van der Waals surface area (Å²) in [5.41, 5.74) is 10.4. The fraction of sp³-hybridized carbons (Fsp3) is 0.158. The van der Waals surface area contributed by atoms with Crippen LogP contribution in [0.25, 0.3) is 11.6 Å². The monoisotopic (exact) mass is 539 g/mol. The number of anilines is 3. The first-order valence-electron chi connectivity index (χ1n) is 14.3. The zero-order valence-electron chi connectivity index (χ0n) is 23.9. The van der Waals surface area contributed by atoms with Gasteiger partial charge < -0.3 is 14.4 Å². The van der Waals surface area contributed by atoms with Crippen LogP contribution in [0.3, 0.4) is 0 Å². The quantitative estimate of drug-likeness (QED) is 0.147. The predicted octanol–water partition coefficient (Wildman–Crippen LogP) is 9.82. The van der Waals surface area contributed by atoms with Gasteiger partial charge in [0.2, 0.25) is 0 Å². The minimum absolute atomic E-state index is 0.620. The molecule has 5 aromatic rings. The van der Waals surface area contributed by atoms with Crippen molar-refractivity contribution in [3.63, 3.8) is 0 Å². The summed E-state index contributed by atoms with van der Waals surface area (Å²) in [6.07, 6.45) is 2.27. The molecule has 0 spiro atoms. The van der Waals surface area contributed by atoms with Crippen LogP contribution >= 0.6 is 0 Å². The van der Waals surface area contributed by atoms with Gasteiger partial charge in [-0.25, -0.2) is 0 Å². The molecule has 0 N–H and O–H groups in total. The van der Waals surface area contributed by atoms with Crippen LogP contribution in [0.5, 0.6) is 0 Å². The van der Waals surface area contributed by atoms with E-state index in [-0.39, 0.29) is 0 Å². The highest BCUT2D eigenvalue weighted by molar-refractivity contribution is 5.91. The first kappa shape index (κ1) is 28.1. The second kappa shape index (κ2) is 14.3. The van der Waals surface area contributed by atoms with Gasteiger partial charge in [-0.1, -0.05) is 97.1 Å². The van der Waals surface area contributed by atoms with E-state index in [1.165, 1.54) is 16.7 Å². The van der Waals surface area contributed by atoms with Gasteiger partial charge >= 0.3 is 0 Å². The molecule has 5 rings (SSSR count). The number of rotatable bonds is 12. The van der Waals surface area contributed by atoms with Gasteiger partial charge in [-0.3, -0.25) is 0 Å². The molecule has 0 saturated carbocycles. The van der Waals surface area contributed by atoms with Crippen LogP contribution in [0.15, 0.2) is 133 Å². The van der Waals surface area contributed by atoms with E-state index >= 15 is 0 Å². The first-order valence-corrected chi connectivity index (χ1v) is 14.3. The number of benzene rings is 5. The molecule has 0 saturated heterocycles. The topological polar surface area (TPSA) is 21.7 Å². The van der Waals surface area contributed by atoms with Gasteiger partial charge in [0.05, 0.1) is 13.2 Å². The van der Waals surface area contributed by atoms with Gasteiger partial charge in [0.25, 0.3) is 0 Å². The second-order valence-corrected chi connectivity index (χ2v) is 9.82. The summed E-state index contributed by atoms with van der Waals surface area (Å²) in [5, 5.41) is 0. The molecule has 206 valence electrons. The SMILES string of the molecule is CCOCc1ccc(N(c2ccc(C=C(c3ccccc3)c3ccccc3)cc2)c2ccc(COCC)cc2)cc1. The first-order chi connectivity index (χ1) is 20.2. The van der Waals surface area contributed by atoms with Crippen molar-refractivity contribution >= 4 is 28.7 Å². The number of hydrogen-bond donors (Lipinski definition) is 0. The van der Waals surface area contributed by atoms with Crippen molar-refractivity contribution in [1.82, 2.24) is 0 Å². The Morgan fingerprint density at radius 3 is 1.29 bits per heavy atom. The Labute approximate surface area is 244 Å². The number of nitrogens with zero attached hydrogens (tertiary/aromatic N) is 1. The van der Waals surface area contributed by atoms with E-state index in [0.717, 1.165) is 33.8 Å². The Bertz CT molecular complexity index is 1420. The maximum Gasteiger partial charge on any atom is 0.0716 e. The molecular weight excluding hydrogens is 502 g/mol. The average molecular weight is 540 g/mol. The molecule has 0 heterocycles. The van der Waals surface area contributed by atoms with E-state index in [9.17, 15) is 0 Å². The fourth-order valence-electron chi connectivity index (χ4n) is 4.82. The maximum absolute atomic E-state index is 5.61. The van der Waals surface area contributed by atoms with Gasteiger partial charge in [-0.2, -0.15) is 0 Å². The Morgan fingerprint density at radius 2 is 0.902 bits per heavy atom. The minimum atomic E-state index is 0.620. The molecule has 41 heavy (non-hydrogen) atoms. The van der Waals surface area contributed by atoms with Gasteiger partial charge in [0.1, 0.15) is 0 Å². The van der Waals surface area contributed by atoms with Crippen LogP contribution in [-0.2, 0) is 22.7 Å². The maximum atomic E-state index is 5.61. The molecule has 0 bridgehead atoms. The Hall–Kier alpha value is -4.44. The lowest BCUT2D eigenvalue weighted by Crippen LogP contribution is -2.10. The van der Waals surface area contributed by atoms with Gasteiger partial charge in [-0.15, -0.1) is 0 Å². The molecule has 0 aromatic heterocycles. The summed E-state index contributed by atoms with van der Waals surface area (Å²) in [6.45, 7) is 6.70. The summed E-state index contributed by atoms with van der Waals surface area (Å²) >= 11 is 0. The molecule has 0 aliphatic carbocycles. The van der Waals surface area contributed by atoms with Crippen LogP contribution in [0, 0.1) is 0 Å². The molecule has 3 nitrogen and oxygen atoms in total. The lowest BCUT2D eigenvalue weighted by atomic mass is 9.95. The zero-order valence-corrected chi connectivity index (χ0v) is 23.9. The van der Waals surface area contributed by atoms with Crippen molar-refractivity contribution in [3.05, 3.63) is 161 Å². The largest absolute Gasteiger partial charge is 0.377 e. The highest BCUT2D eigenvalue weighted by Gasteiger charge is 2.13. The van der Waals surface area contributed by atoms with E-state index in [4.69, 9.17) is 9.47 Å². The third-order valence-electron chi connectivity index (χ3n) is 6.97. The van der Waals surface area contributed by atoms with Gasteiger partial charge in [0.15, 0.2) is 0 Å². The lowest BCUT2D eigenvalue weighted by molar-refractivity contribution is 0.134. The second-order valence-electron chi connectivity index (χ2n) is 9.82. The van der Waals surface area contributed by atoms with Crippen LogP contribution in [0.4, 0.5) is 17.1 Å². The predicted molar refractivity (Wildman–Crippen MR) is 172 cm³/mol. The van der Waals surface area contributed by atoms with Crippen LogP contribution < -0.4 is 4.90 Å². The minimum Gasteiger partial charge on any atom is -0.377 e. The third kappa shape index (κ3) is 7.40. The Morgan fingerprint density at radius 1 is 0.512 bits per heavy atom. The normalized spacial score (nSPS) is 10.8. The summed E-state index contributed by atoms with van der Waals surface area (Å²) in [7, 11) is 0. The molecule has 0 aliphatic rings. The van der Waals surface area contributed by atoms with Crippen molar-refractivity contribution in [2.45, 2.75) is 27.1 Å². The van der Waals surface area contributed by atoms with Crippen molar-refractivity contribution in [3.8, 4) is 0 Å². The van der Waals surface area contributed by atoms with Gasteiger partial charge in [0, 0.05) is 30.3 Å². The Kier molecular flexibility index (Phi) is 9.78. The number of ether oxygens (including phenoxy) is 2. The van der Waals surface area contributed by atoms with E-state index in [1.807, 2.05) is 13.8 Å². The standard InChI is InChI=1S/C38H37NO2/c1-3-40-28-31-17-23-36(24-18-31)39(37-25-19-32(20-26-37)29-41-4-2)35-21-15-30(16-22-35)27-38(33-11-7-5-8-12-33)34-13-9-6-10-14-34/h5-27H,3-4,28-29H2,1-2H3. The van der Waals surface area contributed by atoms with E-state index < -0.39 is 0 Å².